The third-order valence-electron chi connectivity index (χ3n) is 6.77. The first kappa shape index (κ1) is 27.7. The summed E-state index contributed by atoms with van der Waals surface area (Å²) in [5, 5.41) is 5.92. The Kier molecular flexibility index (Phi) is 8.72. The number of anilines is 2. The summed E-state index contributed by atoms with van der Waals surface area (Å²) in [4.78, 5) is 40.6. The molecule has 0 bridgehead atoms. The van der Waals surface area contributed by atoms with Gasteiger partial charge in [0.1, 0.15) is 5.00 Å². The van der Waals surface area contributed by atoms with Gasteiger partial charge in [-0.3, -0.25) is 9.59 Å². The number of rotatable bonds is 9. The highest BCUT2D eigenvalue weighted by molar-refractivity contribution is 8.00. The van der Waals surface area contributed by atoms with Crippen LogP contribution < -0.4 is 10.6 Å². The van der Waals surface area contributed by atoms with Crippen LogP contribution in [0.3, 0.4) is 0 Å². The molecule has 2 N–H and O–H groups in total. The normalized spacial score (nSPS) is 15.1. The zero-order valence-electron chi connectivity index (χ0n) is 22.3. The molecule has 9 heteroatoms. The summed E-state index contributed by atoms with van der Waals surface area (Å²) in [6, 6.07) is 21.0. The van der Waals surface area contributed by atoms with Gasteiger partial charge >= 0.3 is 5.97 Å². The number of benzene rings is 2. The van der Waals surface area contributed by atoms with Gasteiger partial charge in [-0.2, -0.15) is 0 Å². The third kappa shape index (κ3) is 6.32. The van der Waals surface area contributed by atoms with E-state index in [2.05, 4.69) is 34.9 Å². The van der Waals surface area contributed by atoms with Gasteiger partial charge in [-0.25, -0.2) is 4.79 Å². The predicted octanol–water partition coefficient (Wildman–Crippen LogP) is 7.16. The Bertz CT molecular complexity index is 1500. The molecule has 2 heterocycles. The van der Waals surface area contributed by atoms with Gasteiger partial charge in [-0.1, -0.05) is 36.4 Å². The highest BCUT2D eigenvalue weighted by Gasteiger charge is 2.31. The Morgan fingerprint density at radius 3 is 2.65 bits per heavy atom. The average Bonchev–Trinajstić information content (AvgIpc) is 3.62. The highest BCUT2D eigenvalue weighted by atomic mass is 32.2. The zero-order chi connectivity index (χ0) is 28.1. The molecule has 2 amide bonds. The van der Waals surface area contributed by atoms with Crippen molar-refractivity contribution in [3.8, 4) is 0 Å². The van der Waals surface area contributed by atoms with E-state index in [1.807, 2.05) is 31.2 Å². The molecule has 0 fully saturated rings. The second-order valence-electron chi connectivity index (χ2n) is 9.49. The number of carbonyl (C=O) groups excluding carboxylic acids is 3. The number of hydrogen-bond acceptors (Lipinski definition) is 7. The van der Waals surface area contributed by atoms with Crippen molar-refractivity contribution in [3.05, 3.63) is 100 Å². The van der Waals surface area contributed by atoms with Crippen LogP contribution in [0.2, 0.25) is 0 Å². The zero-order valence-corrected chi connectivity index (χ0v) is 23.9. The third-order valence-corrected chi connectivity index (χ3v) is 9.04. The molecule has 206 valence electrons. The number of carbonyl (C=O) groups is 3. The van der Waals surface area contributed by atoms with Crippen molar-refractivity contribution in [1.29, 1.82) is 0 Å². The molecule has 0 radical (unpaired) electrons. The Labute approximate surface area is 241 Å². The molecule has 2 atom stereocenters. The fourth-order valence-electron chi connectivity index (χ4n) is 4.82. The van der Waals surface area contributed by atoms with Gasteiger partial charge in [-0.05, 0) is 80.5 Å². The summed E-state index contributed by atoms with van der Waals surface area (Å²) in [5.74, 6) is -0.355. The topological polar surface area (TPSA) is 97.6 Å². The number of hydrogen-bond donors (Lipinski definition) is 2. The van der Waals surface area contributed by atoms with Crippen LogP contribution in [0.4, 0.5) is 10.7 Å². The Morgan fingerprint density at radius 1 is 1.07 bits per heavy atom. The minimum atomic E-state index is -0.456. The first-order valence-electron chi connectivity index (χ1n) is 13.2. The fourth-order valence-corrected chi connectivity index (χ4v) is 7.07. The number of thioether (sulfide) groups is 1. The van der Waals surface area contributed by atoms with Gasteiger partial charge in [0, 0.05) is 15.5 Å². The van der Waals surface area contributed by atoms with E-state index in [9.17, 15) is 14.4 Å². The first-order chi connectivity index (χ1) is 19.4. The summed E-state index contributed by atoms with van der Waals surface area (Å²) in [6.07, 6.45) is 3.97. The van der Waals surface area contributed by atoms with Crippen molar-refractivity contribution in [2.24, 2.45) is 0 Å². The van der Waals surface area contributed by atoms with E-state index >= 15 is 0 Å². The van der Waals surface area contributed by atoms with Gasteiger partial charge in [0.15, 0.2) is 5.76 Å². The molecule has 0 spiro atoms. The van der Waals surface area contributed by atoms with Crippen LogP contribution in [0, 0.1) is 0 Å². The molecule has 2 aromatic carbocycles. The summed E-state index contributed by atoms with van der Waals surface area (Å²) in [7, 11) is 0. The first-order valence-corrected chi connectivity index (χ1v) is 14.9. The largest absolute Gasteiger partial charge is 0.462 e. The van der Waals surface area contributed by atoms with E-state index in [0.29, 0.717) is 22.2 Å². The lowest BCUT2D eigenvalue weighted by atomic mass is 9.83. The van der Waals surface area contributed by atoms with Crippen LogP contribution in [0.5, 0.6) is 0 Å². The minimum Gasteiger partial charge on any atom is -0.462 e. The van der Waals surface area contributed by atoms with Gasteiger partial charge in [0.05, 0.1) is 23.7 Å². The van der Waals surface area contributed by atoms with Crippen LogP contribution >= 0.6 is 23.1 Å². The van der Waals surface area contributed by atoms with Gasteiger partial charge in [-0.15, -0.1) is 23.1 Å². The number of ether oxygens (including phenoxy) is 1. The van der Waals surface area contributed by atoms with Crippen LogP contribution in [-0.4, -0.2) is 29.6 Å². The number of furan rings is 1. The fraction of sp³-hybridized carbons (Fsp3) is 0.258. The molecule has 0 saturated carbocycles. The summed E-state index contributed by atoms with van der Waals surface area (Å²) in [6.45, 7) is 3.86. The molecule has 0 aliphatic heterocycles. The maximum absolute atomic E-state index is 13.3. The lowest BCUT2D eigenvalue weighted by Gasteiger charge is -2.23. The van der Waals surface area contributed by atoms with Crippen molar-refractivity contribution in [1.82, 2.24) is 0 Å². The quantitative estimate of drug-likeness (QED) is 0.163. The van der Waals surface area contributed by atoms with Crippen LogP contribution in [0.1, 0.15) is 63.1 Å². The lowest BCUT2D eigenvalue weighted by molar-refractivity contribution is -0.115. The Morgan fingerprint density at radius 2 is 1.90 bits per heavy atom. The number of thiophene rings is 1. The molecular formula is C31H30N2O5S2. The van der Waals surface area contributed by atoms with Crippen molar-refractivity contribution in [2.75, 3.05) is 17.2 Å². The van der Waals surface area contributed by atoms with E-state index in [1.165, 1.54) is 34.9 Å². The molecule has 2 aromatic heterocycles. The molecule has 40 heavy (non-hydrogen) atoms. The molecule has 4 aromatic rings. The van der Waals surface area contributed by atoms with Crippen LogP contribution in [0.25, 0.3) is 0 Å². The van der Waals surface area contributed by atoms with Crippen LogP contribution in [-0.2, 0) is 22.4 Å². The summed E-state index contributed by atoms with van der Waals surface area (Å²) >= 11 is 2.84. The molecule has 1 aliphatic carbocycles. The standard InChI is InChI=1S/C31H30N2O5S2/c1-3-37-31(36)27-24-15-14-21(20-9-5-4-6-10-20)17-26(24)40-30(27)33-28(34)19(2)39-23-12-7-11-22(18-23)32-29(35)25-13-8-16-38-25/h4-13,16,18-19,21H,3,14-15,17H2,1-2H3,(H,32,35)(H,33,34). The van der Waals surface area contributed by atoms with E-state index in [4.69, 9.17) is 9.15 Å². The minimum absolute atomic E-state index is 0.209. The van der Waals surface area contributed by atoms with Gasteiger partial charge in [0.2, 0.25) is 5.91 Å². The van der Waals surface area contributed by atoms with Crippen molar-refractivity contribution in [3.63, 3.8) is 0 Å². The maximum Gasteiger partial charge on any atom is 0.341 e. The number of nitrogens with one attached hydrogen (secondary N) is 2. The van der Waals surface area contributed by atoms with Crippen molar-refractivity contribution < 1.29 is 23.5 Å². The van der Waals surface area contributed by atoms with Crippen LogP contribution in [0.15, 0.2) is 82.3 Å². The number of esters is 1. The average molecular weight is 575 g/mol. The van der Waals surface area contributed by atoms with E-state index in [1.54, 1.807) is 25.1 Å². The second kappa shape index (κ2) is 12.6. The summed E-state index contributed by atoms with van der Waals surface area (Å²) < 4.78 is 10.5. The molecule has 5 rings (SSSR count). The molecule has 2 unspecified atom stereocenters. The highest BCUT2D eigenvalue weighted by Crippen LogP contribution is 2.43. The predicted molar refractivity (Wildman–Crippen MR) is 159 cm³/mol. The van der Waals surface area contributed by atoms with Gasteiger partial charge < -0.3 is 19.8 Å². The molecule has 7 nitrogen and oxygen atoms in total. The summed E-state index contributed by atoms with van der Waals surface area (Å²) in [5.41, 5.74) is 3.37. The second-order valence-corrected chi connectivity index (χ2v) is 12.0. The molecule has 1 aliphatic rings. The van der Waals surface area contributed by atoms with E-state index in [-0.39, 0.29) is 24.2 Å². The maximum atomic E-state index is 13.3. The Hall–Kier alpha value is -3.82. The molecule has 0 saturated heterocycles. The van der Waals surface area contributed by atoms with Crippen molar-refractivity contribution in [2.45, 2.75) is 49.2 Å². The smallest absolute Gasteiger partial charge is 0.341 e. The monoisotopic (exact) mass is 574 g/mol. The Balaban J connectivity index is 1.30. The van der Waals surface area contributed by atoms with E-state index < -0.39 is 11.2 Å². The van der Waals surface area contributed by atoms with Crippen molar-refractivity contribution >= 4 is 51.6 Å². The SMILES string of the molecule is CCOC(=O)c1c(NC(=O)C(C)Sc2cccc(NC(=O)c3ccco3)c2)sc2c1CCC(c1ccccc1)C2. The number of amides is 2. The van der Waals surface area contributed by atoms with Gasteiger partial charge in [0.25, 0.3) is 5.91 Å². The lowest BCUT2D eigenvalue weighted by Crippen LogP contribution is -2.23. The van der Waals surface area contributed by atoms with E-state index in [0.717, 1.165) is 34.6 Å². The molecular weight excluding hydrogens is 544 g/mol. The number of fused-ring (bicyclic) bond motifs is 1.